The fourth-order valence-electron chi connectivity index (χ4n) is 2.95. The number of hydrogen-bond donors (Lipinski definition) is 1. The van der Waals surface area contributed by atoms with Gasteiger partial charge in [-0.25, -0.2) is 13.1 Å². The van der Waals surface area contributed by atoms with Crippen molar-refractivity contribution in [2.75, 3.05) is 13.2 Å². The van der Waals surface area contributed by atoms with E-state index < -0.39 is 16.1 Å². The predicted molar refractivity (Wildman–Crippen MR) is 102 cm³/mol. The van der Waals surface area contributed by atoms with E-state index in [0.717, 1.165) is 5.56 Å². The summed E-state index contributed by atoms with van der Waals surface area (Å²) in [6.07, 6.45) is 0. The van der Waals surface area contributed by atoms with Crippen molar-refractivity contribution in [1.29, 1.82) is 0 Å². The van der Waals surface area contributed by atoms with E-state index >= 15 is 0 Å². The smallest absolute Gasteiger partial charge is 0.241 e. The van der Waals surface area contributed by atoms with Crippen molar-refractivity contribution in [3.05, 3.63) is 53.6 Å². The number of ether oxygens (including phenoxy) is 2. The summed E-state index contributed by atoms with van der Waals surface area (Å²) in [6, 6.07) is 11.0. The lowest BCUT2D eigenvalue weighted by Crippen LogP contribution is -2.32. The van der Waals surface area contributed by atoms with E-state index in [1.807, 2.05) is 26.0 Å². The van der Waals surface area contributed by atoms with Crippen LogP contribution in [-0.4, -0.2) is 27.4 Å². The average Bonchev–Trinajstić information content (AvgIpc) is 2.65. The molecule has 2 aromatic carbocycles. The topological polar surface area (TPSA) is 81.7 Å². The largest absolute Gasteiger partial charge is 0.486 e. The van der Waals surface area contributed by atoms with E-state index in [4.69, 9.17) is 9.47 Å². The van der Waals surface area contributed by atoms with Crippen molar-refractivity contribution in [3.63, 3.8) is 0 Å². The zero-order valence-corrected chi connectivity index (χ0v) is 16.4. The molecule has 6 nitrogen and oxygen atoms in total. The SMILES string of the molecule is CC(=O)c1ccc(S(=O)(=O)N[C@H](c2ccc3c(c2)OCCO3)C(C)C)cc1. The van der Waals surface area contributed by atoms with Crippen molar-refractivity contribution in [3.8, 4) is 11.5 Å². The molecule has 27 heavy (non-hydrogen) atoms. The number of carbonyl (C=O) groups excluding carboxylic acids is 1. The van der Waals surface area contributed by atoms with Crippen molar-refractivity contribution < 1.29 is 22.7 Å². The highest BCUT2D eigenvalue weighted by atomic mass is 32.2. The minimum absolute atomic E-state index is 0.0128. The molecule has 0 bridgehead atoms. The van der Waals surface area contributed by atoms with Crippen molar-refractivity contribution in [2.45, 2.75) is 31.7 Å². The molecule has 0 aliphatic carbocycles. The molecule has 0 aromatic heterocycles. The molecule has 0 fully saturated rings. The van der Waals surface area contributed by atoms with Gasteiger partial charge in [0.1, 0.15) is 13.2 Å². The van der Waals surface area contributed by atoms with Crippen LogP contribution in [-0.2, 0) is 10.0 Å². The number of benzene rings is 2. The highest BCUT2D eigenvalue weighted by molar-refractivity contribution is 7.89. The van der Waals surface area contributed by atoms with Crippen LogP contribution in [0, 0.1) is 5.92 Å². The number of ketones is 1. The number of Topliss-reactive ketones (excluding diaryl/α,β-unsaturated/α-hetero) is 1. The van der Waals surface area contributed by atoms with Crippen LogP contribution in [0.2, 0.25) is 0 Å². The molecule has 1 aliphatic heterocycles. The molecule has 0 spiro atoms. The third-order valence-electron chi connectivity index (χ3n) is 4.45. The standard InChI is InChI=1S/C20H23NO5S/c1-13(2)20(16-6-9-18-19(12-16)26-11-10-25-18)21-27(23,24)17-7-4-15(5-8-17)14(3)22/h4-9,12-13,20-21H,10-11H2,1-3H3/t20-/m0/s1. The zero-order chi connectivity index (χ0) is 19.6. The van der Waals surface area contributed by atoms with Crippen LogP contribution in [0.4, 0.5) is 0 Å². The minimum atomic E-state index is -3.75. The summed E-state index contributed by atoms with van der Waals surface area (Å²) in [5, 5.41) is 0. The van der Waals surface area contributed by atoms with E-state index in [2.05, 4.69) is 4.72 Å². The van der Waals surface area contributed by atoms with Crippen LogP contribution in [0.3, 0.4) is 0 Å². The summed E-state index contributed by atoms with van der Waals surface area (Å²) in [6.45, 7) is 6.31. The summed E-state index contributed by atoms with van der Waals surface area (Å²) < 4.78 is 39.6. The van der Waals surface area contributed by atoms with Gasteiger partial charge in [0, 0.05) is 11.6 Å². The van der Waals surface area contributed by atoms with E-state index in [1.165, 1.54) is 31.2 Å². The summed E-state index contributed by atoms with van der Waals surface area (Å²) in [4.78, 5) is 11.5. The first-order valence-electron chi connectivity index (χ1n) is 8.81. The maximum absolute atomic E-state index is 12.8. The molecule has 7 heteroatoms. The molecule has 0 saturated carbocycles. The second-order valence-electron chi connectivity index (χ2n) is 6.83. The first-order valence-corrected chi connectivity index (χ1v) is 10.3. The number of rotatable bonds is 6. The summed E-state index contributed by atoms with van der Waals surface area (Å²) in [7, 11) is -3.75. The molecule has 1 aliphatic rings. The molecular formula is C20H23NO5S. The van der Waals surface area contributed by atoms with Crippen molar-refractivity contribution in [2.24, 2.45) is 5.92 Å². The summed E-state index contributed by atoms with van der Waals surface area (Å²) in [5.74, 6) is 1.19. The lowest BCUT2D eigenvalue weighted by molar-refractivity contribution is 0.101. The number of fused-ring (bicyclic) bond motifs is 1. The van der Waals surface area contributed by atoms with E-state index in [9.17, 15) is 13.2 Å². The Kier molecular flexibility index (Phi) is 5.53. The van der Waals surface area contributed by atoms with Gasteiger partial charge >= 0.3 is 0 Å². The molecule has 2 aromatic rings. The van der Waals surface area contributed by atoms with Gasteiger partial charge in [0.2, 0.25) is 10.0 Å². The van der Waals surface area contributed by atoms with Gasteiger partial charge in [0.15, 0.2) is 17.3 Å². The normalized spacial score (nSPS) is 14.8. The Morgan fingerprint density at radius 1 is 1.00 bits per heavy atom. The third kappa shape index (κ3) is 4.31. The van der Waals surface area contributed by atoms with E-state index in [-0.39, 0.29) is 16.6 Å². The Morgan fingerprint density at radius 3 is 2.22 bits per heavy atom. The predicted octanol–water partition coefficient (Wildman–Crippen LogP) is 3.34. The van der Waals surface area contributed by atoms with Gasteiger partial charge in [-0.05, 0) is 42.7 Å². The van der Waals surface area contributed by atoms with Crippen molar-refractivity contribution >= 4 is 15.8 Å². The molecule has 1 heterocycles. The highest BCUT2D eigenvalue weighted by Crippen LogP contribution is 2.35. The molecule has 0 saturated heterocycles. The number of nitrogens with one attached hydrogen (secondary N) is 1. The van der Waals surface area contributed by atoms with Crippen LogP contribution >= 0.6 is 0 Å². The fraction of sp³-hybridized carbons (Fsp3) is 0.350. The molecule has 144 valence electrons. The van der Waals surface area contributed by atoms with Gasteiger partial charge in [-0.15, -0.1) is 0 Å². The molecule has 0 radical (unpaired) electrons. The Balaban J connectivity index is 1.88. The highest BCUT2D eigenvalue weighted by Gasteiger charge is 2.25. The van der Waals surface area contributed by atoms with Crippen LogP contribution in [0.1, 0.15) is 42.7 Å². The van der Waals surface area contributed by atoms with Crippen molar-refractivity contribution in [1.82, 2.24) is 4.72 Å². The lowest BCUT2D eigenvalue weighted by Gasteiger charge is -2.25. The van der Waals surface area contributed by atoms with E-state index in [0.29, 0.717) is 30.3 Å². The van der Waals surface area contributed by atoms with Crippen LogP contribution in [0.5, 0.6) is 11.5 Å². The van der Waals surface area contributed by atoms with Crippen LogP contribution < -0.4 is 14.2 Å². The molecular weight excluding hydrogens is 366 g/mol. The number of sulfonamides is 1. The molecule has 1 N–H and O–H groups in total. The maximum atomic E-state index is 12.8. The molecule has 1 atom stereocenters. The zero-order valence-electron chi connectivity index (χ0n) is 15.6. The average molecular weight is 389 g/mol. The second-order valence-corrected chi connectivity index (χ2v) is 8.54. The van der Waals surface area contributed by atoms with Gasteiger partial charge in [0.25, 0.3) is 0 Å². The minimum Gasteiger partial charge on any atom is -0.486 e. The fourth-order valence-corrected chi connectivity index (χ4v) is 4.32. The third-order valence-corrected chi connectivity index (χ3v) is 5.90. The Bertz CT molecular complexity index is 935. The van der Waals surface area contributed by atoms with Crippen LogP contribution in [0.15, 0.2) is 47.4 Å². The molecule has 3 rings (SSSR count). The lowest BCUT2D eigenvalue weighted by atomic mass is 9.97. The summed E-state index contributed by atoms with van der Waals surface area (Å²) in [5.41, 5.74) is 1.28. The number of hydrogen-bond acceptors (Lipinski definition) is 5. The molecule has 0 amide bonds. The number of carbonyl (C=O) groups is 1. The maximum Gasteiger partial charge on any atom is 0.241 e. The van der Waals surface area contributed by atoms with Gasteiger partial charge in [-0.3, -0.25) is 4.79 Å². The Hall–Kier alpha value is -2.38. The first kappa shape index (κ1) is 19.4. The first-order chi connectivity index (χ1) is 12.8. The molecule has 0 unspecified atom stereocenters. The second kappa shape index (κ2) is 7.70. The van der Waals surface area contributed by atoms with Gasteiger partial charge in [-0.1, -0.05) is 32.0 Å². The Morgan fingerprint density at radius 2 is 1.63 bits per heavy atom. The van der Waals surface area contributed by atoms with Gasteiger partial charge < -0.3 is 9.47 Å². The monoisotopic (exact) mass is 389 g/mol. The quantitative estimate of drug-likeness (QED) is 0.767. The summed E-state index contributed by atoms with van der Waals surface area (Å²) >= 11 is 0. The van der Waals surface area contributed by atoms with E-state index in [1.54, 1.807) is 6.07 Å². The van der Waals surface area contributed by atoms with Gasteiger partial charge in [0.05, 0.1) is 4.90 Å². The van der Waals surface area contributed by atoms with Gasteiger partial charge in [-0.2, -0.15) is 0 Å². The Labute approximate surface area is 159 Å². The van der Waals surface area contributed by atoms with Crippen LogP contribution in [0.25, 0.3) is 0 Å².